The first-order valence-corrected chi connectivity index (χ1v) is 9.60. The average molecular weight is 365 g/mol. The second kappa shape index (κ2) is 9.26. The van der Waals surface area contributed by atoms with Crippen LogP contribution in [0.5, 0.6) is 0 Å². The van der Waals surface area contributed by atoms with Gasteiger partial charge in [0.25, 0.3) is 0 Å². The molecule has 2 rings (SSSR count). The number of carbonyl (C=O) groups excluding carboxylic acids is 2. The SMILES string of the molecule is CC(C)C[C@@H](C(=O)c1noc(=O)n1CCN(C)C)C(=O)C1CCCCC1. The summed E-state index contributed by atoms with van der Waals surface area (Å²) in [5, 5.41) is 3.70. The van der Waals surface area contributed by atoms with Crippen molar-refractivity contribution >= 4 is 11.6 Å². The maximum atomic E-state index is 13.1. The molecule has 0 saturated heterocycles. The van der Waals surface area contributed by atoms with Gasteiger partial charge in [-0.3, -0.25) is 18.7 Å². The molecule has 146 valence electrons. The van der Waals surface area contributed by atoms with E-state index in [1.165, 1.54) is 4.57 Å². The largest absolute Gasteiger partial charge is 0.441 e. The number of hydrogen-bond acceptors (Lipinski definition) is 6. The summed E-state index contributed by atoms with van der Waals surface area (Å²) in [6.07, 6.45) is 5.41. The predicted molar refractivity (Wildman–Crippen MR) is 98.2 cm³/mol. The Morgan fingerprint density at radius 2 is 1.88 bits per heavy atom. The predicted octanol–water partition coefficient (Wildman–Crippen LogP) is 2.39. The van der Waals surface area contributed by atoms with Gasteiger partial charge < -0.3 is 4.90 Å². The van der Waals surface area contributed by atoms with Crippen molar-refractivity contribution in [1.29, 1.82) is 0 Å². The molecule has 0 aliphatic heterocycles. The van der Waals surface area contributed by atoms with Crippen LogP contribution in [0.1, 0.15) is 63.0 Å². The molecule has 1 saturated carbocycles. The lowest BCUT2D eigenvalue weighted by atomic mass is 9.77. The van der Waals surface area contributed by atoms with E-state index in [-0.39, 0.29) is 29.2 Å². The standard InChI is InChI=1S/C19H31N3O4/c1-13(2)12-15(16(23)14-8-6-5-7-9-14)17(24)18-20-26-19(25)22(18)11-10-21(3)4/h13-15H,5-12H2,1-4H3/t15-/m1/s1. The minimum absolute atomic E-state index is 0.0120. The Balaban J connectivity index is 2.26. The van der Waals surface area contributed by atoms with Crippen LogP contribution in [0.3, 0.4) is 0 Å². The summed E-state index contributed by atoms with van der Waals surface area (Å²) in [6.45, 7) is 4.88. The van der Waals surface area contributed by atoms with Crippen molar-refractivity contribution < 1.29 is 14.1 Å². The van der Waals surface area contributed by atoms with Gasteiger partial charge in [0.1, 0.15) is 5.78 Å². The van der Waals surface area contributed by atoms with Crippen LogP contribution in [-0.4, -0.2) is 46.8 Å². The minimum atomic E-state index is -0.742. The second-order valence-electron chi connectivity index (χ2n) is 8.01. The Kier molecular flexibility index (Phi) is 7.32. The molecular weight excluding hydrogens is 334 g/mol. The Hall–Kier alpha value is -1.76. The van der Waals surface area contributed by atoms with Crippen molar-refractivity contribution in [3.8, 4) is 0 Å². The summed E-state index contributed by atoms with van der Waals surface area (Å²) in [5.41, 5.74) is 0. The van der Waals surface area contributed by atoms with Crippen LogP contribution >= 0.6 is 0 Å². The van der Waals surface area contributed by atoms with E-state index in [0.717, 1.165) is 32.1 Å². The van der Waals surface area contributed by atoms with E-state index in [4.69, 9.17) is 4.52 Å². The van der Waals surface area contributed by atoms with Gasteiger partial charge in [0.15, 0.2) is 0 Å². The normalized spacial score (nSPS) is 17.0. The molecular formula is C19H31N3O4. The van der Waals surface area contributed by atoms with Crippen molar-refractivity contribution in [2.24, 2.45) is 17.8 Å². The number of carbonyl (C=O) groups is 2. The molecule has 1 fully saturated rings. The summed E-state index contributed by atoms with van der Waals surface area (Å²) >= 11 is 0. The highest BCUT2D eigenvalue weighted by Gasteiger charge is 2.36. The maximum Gasteiger partial charge on any atom is 0.441 e. The van der Waals surface area contributed by atoms with Crippen LogP contribution in [0.2, 0.25) is 0 Å². The molecule has 7 heteroatoms. The molecule has 0 unspecified atom stereocenters. The number of nitrogens with zero attached hydrogens (tertiary/aromatic N) is 3. The van der Waals surface area contributed by atoms with E-state index in [1.54, 1.807) is 0 Å². The van der Waals surface area contributed by atoms with Crippen molar-refractivity contribution in [2.45, 2.75) is 58.9 Å². The number of likely N-dealkylation sites (N-methyl/N-ethyl adjacent to an activating group) is 1. The highest BCUT2D eigenvalue weighted by Crippen LogP contribution is 2.30. The number of Topliss-reactive ketones (excluding diaryl/α,β-unsaturated/α-hetero) is 2. The Morgan fingerprint density at radius 3 is 2.46 bits per heavy atom. The minimum Gasteiger partial charge on any atom is -0.308 e. The fraction of sp³-hybridized carbons (Fsp3) is 0.789. The molecule has 0 N–H and O–H groups in total. The quantitative estimate of drug-likeness (QED) is 0.493. The molecule has 1 aliphatic rings. The van der Waals surface area contributed by atoms with Gasteiger partial charge in [0, 0.05) is 19.0 Å². The molecule has 1 atom stereocenters. The molecule has 0 aromatic carbocycles. The van der Waals surface area contributed by atoms with E-state index in [0.29, 0.717) is 19.5 Å². The number of hydrogen-bond donors (Lipinski definition) is 0. The third-order valence-electron chi connectivity index (χ3n) is 5.05. The highest BCUT2D eigenvalue weighted by atomic mass is 16.5. The Bertz CT molecular complexity index is 669. The van der Waals surface area contributed by atoms with E-state index in [1.807, 2.05) is 32.8 Å². The maximum absolute atomic E-state index is 13.1. The number of rotatable bonds is 9. The van der Waals surface area contributed by atoms with Crippen LogP contribution < -0.4 is 5.76 Å². The number of aromatic nitrogens is 2. The van der Waals surface area contributed by atoms with Gasteiger partial charge in [-0.1, -0.05) is 38.3 Å². The van der Waals surface area contributed by atoms with Crippen molar-refractivity contribution in [3.63, 3.8) is 0 Å². The molecule has 26 heavy (non-hydrogen) atoms. The van der Waals surface area contributed by atoms with Gasteiger partial charge in [-0.2, -0.15) is 0 Å². The van der Waals surface area contributed by atoms with E-state index in [9.17, 15) is 14.4 Å². The van der Waals surface area contributed by atoms with Crippen molar-refractivity contribution in [1.82, 2.24) is 14.6 Å². The fourth-order valence-corrected chi connectivity index (χ4v) is 3.59. The molecule has 1 aromatic heterocycles. The van der Waals surface area contributed by atoms with E-state index >= 15 is 0 Å². The first-order valence-electron chi connectivity index (χ1n) is 9.60. The van der Waals surface area contributed by atoms with Crippen molar-refractivity contribution in [3.05, 3.63) is 16.4 Å². The van der Waals surface area contributed by atoms with Gasteiger partial charge in [-0.05, 0) is 39.3 Å². The topological polar surface area (TPSA) is 85.4 Å². The molecule has 0 amide bonds. The summed E-state index contributed by atoms with van der Waals surface area (Å²) in [4.78, 5) is 40.0. The molecule has 0 bridgehead atoms. The summed E-state index contributed by atoms with van der Waals surface area (Å²) in [6, 6.07) is 0. The van der Waals surface area contributed by atoms with Crippen LogP contribution in [0.4, 0.5) is 0 Å². The lowest BCUT2D eigenvalue weighted by Crippen LogP contribution is -2.35. The van der Waals surface area contributed by atoms with Crippen LogP contribution in [0.25, 0.3) is 0 Å². The molecule has 0 spiro atoms. The fourth-order valence-electron chi connectivity index (χ4n) is 3.59. The summed E-state index contributed by atoms with van der Waals surface area (Å²) < 4.78 is 5.99. The summed E-state index contributed by atoms with van der Waals surface area (Å²) in [7, 11) is 3.77. The zero-order valence-electron chi connectivity index (χ0n) is 16.4. The first-order chi connectivity index (χ1) is 12.3. The molecule has 0 radical (unpaired) electrons. The average Bonchev–Trinajstić information content (AvgIpc) is 2.98. The van der Waals surface area contributed by atoms with Crippen LogP contribution in [0.15, 0.2) is 9.32 Å². The van der Waals surface area contributed by atoms with Gasteiger partial charge in [-0.15, -0.1) is 0 Å². The highest BCUT2D eigenvalue weighted by molar-refractivity contribution is 6.09. The van der Waals surface area contributed by atoms with Gasteiger partial charge in [0.05, 0.1) is 5.92 Å². The smallest absolute Gasteiger partial charge is 0.308 e. The third kappa shape index (κ3) is 5.13. The molecule has 7 nitrogen and oxygen atoms in total. The lowest BCUT2D eigenvalue weighted by molar-refractivity contribution is -0.126. The zero-order valence-corrected chi connectivity index (χ0v) is 16.4. The zero-order chi connectivity index (χ0) is 19.3. The Morgan fingerprint density at radius 1 is 1.23 bits per heavy atom. The second-order valence-corrected chi connectivity index (χ2v) is 8.01. The summed E-state index contributed by atoms with van der Waals surface area (Å²) in [5.74, 6) is -1.63. The molecule has 1 aromatic rings. The van der Waals surface area contributed by atoms with Crippen LogP contribution in [0, 0.1) is 17.8 Å². The van der Waals surface area contributed by atoms with E-state index < -0.39 is 11.7 Å². The third-order valence-corrected chi connectivity index (χ3v) is 5.05. The van der Waals surface area contributed by atoms with Crippen LogP contribution in [-0.2, 0) is 11.3 Å². The van der Waals surface area contributed by atoms with E-state index in [2.05, 4.69) is 5.16 Å². The first kappa shape index (κ1) is 20.6. The van der Waals surface area contributed by atoms with Gasteiger partial charge in [0.2, 0.25) is 11.6 Å². The molecule has 1 heterocycles. The Labute approximate surface area is 154 Å². The molecule has 1 aliphatic carbocycles. The number of ketones is 2. The van der Waals surface area contributed by atoms with Crippen molar-refractivity contribution in [2.75, 3.05) is 20.6 Å². The van der Waals surface area contributed by atoms with Gasteiger partial charge >= 0.3 is 5.76 Å². The monoisotopic (exact) mass is 365 g/mol. The lowest BCUT2D eigenvalue weighted by Gasteiger charge is -2.25. The van der Waals surface area contributed by atoms with Gasteiger partial charge in [-0.25, -0.2) is 4.79 Å².